The third-order valence-corrected chi connectivity index (χ3v) is 3.03. The molecular weight excluding hydrogens is 238 g/mol. The molecular formula is C15H27N3O. The molecule has 0 spiro atoms. The second kappa shape index (κ2) is 9.75. The Morgan fingerprint density at radius 1 is 1.26 bits per heavy atom. The first-order valence-electron chi connectivity index (χ1n) is 7.24. The summed E-state index contributed by atoms with van der Waals surface area (Å²) in [5, 5.41) is 12.0. The normalized spacial score (nSPS) is 10.9. The van der Waals surface area contributed by atoms with E-state index in [1.54, 1.807) is 0 Å². The van der Waals surface area contributed by atoms with Crippen LogP contribution in [0.1, 0.15) is 38.2 Å². The zero-order valence-electron chi connectivity index (χ0n) is 12.2. The van der Waals surface area contributed by atoms with Crippen LogP contribution in [0, 0.1) is 0 Å². The SMILES string of the molecule is CCCNc1ccc(CN(C)CCCCCO)cn1. The van der Waals surface area contributed by atoms with Crippen molar-refractivity contribution in [2.24, 2.45) is 0 Å². The second-order valence-electron chi connectivity index (χ2n) is 5.00. The predicted octanol–water partition coefficient (Wildman–Crippen LogP) is 2.50. The van der Waals surface area contributed by atoms with E-state index in [0.29, 0.717) is 6.61 Å². The number of unbranched alkanes of at least 4 members (excludes halogenated alkanes) is 2. The van der Waals surface area contributed by atoms with Crippen LogP contribution < -0.4 is 5.32 Å². The lowest BCUT2D eigenvalue weighted by atomic mass is 10.2. The molecule has 0 amide bonds. The summed E-state index contributed by atoms with van der Waals surface area (Å²) in [7, 11) is 2.13. The third kappa shape index (κ3) is 7.13. The molecule has 0 saturated carbocycles. The first kappa shape index (κ1) is 15.9. The fraction of sp³-hybridized carbons (Fsp3) is 0.667. The van der Waals surface area contributed by atoms with Gasteiger partial charge in [0.2, 0.25) is 0 Å². The summed E-state index contributed by atoms with van der Waals surface area (Å²) in [6.07, 6.45) is 6.20. The van der Waals surface area contributed by atoms with Gasteiger partial charge in [0.05, 0.1) is 0 Å². The third-order valence-electron chi connectivity index (χ3n) is 3.03. The second-order valence-corrected chi connectivity index (χ2v) is 5.00. The van der Waals surface area contributed by atoms with Crippen molar-refractivity contribution in [2.45, 2.75) is 39.2 Å². The fourth-order valence-electron chi connectivity index (χ4n) is 1.94. The van der Waals surface area contributed by atoms with Crippen LogP contribution in [-0.4, -0.2) is 41.7 Å². The number of aliphatic hydroxyl groups is 1. The Balaban J connectivity index is 2.27. The molecule has 2 N–H and O–H groups in total. The van der Waals surface area contributed by atoms with Crippen molar-refractivity contribution < 1.29 is 5.11 Å². The highest BCUT2D eigenvalue weighted by atomic mass is 16.2. The lowest BCUT2D eigenvalue weighted by Gasteiger charge is -2.16. The Labute approximate surface area is 116 Å². The molecule has 1 rings (SSSR count). The first-order chi connectivity index (χ1) is 9.26. The van der Waals surface area contributed by atoms with E-state index in [0.717, 1.165) is 51.1 Å². The van der Waals surface area contributed by atoms with E-state index >= 15 is 0 Å². The van der Waals surface area contributed by atoms with Gasteiger partial charge in [0.25, 0.3) is 0 Å². The summed E-state index contributed by atoms with van der Waals surface area (Å²) in [6.45, 7) is 5.42. The minimum atomic E-state index is 0.305. The summed E-state index contributed by atoms with van der Waals surface area (Å²) >= 11 is 0. The van der Waals surface area contributed by atoms with Gasteiger partial charge < -0.3 is 15.3 Å². The molecule has 0 fully saturated rings. The molecule has 0 atom stereocenters. The molecule has 0 aliphatic rings. The summed E-state index contributed by atoms with van der Waals surface area (Å²) in [5.74, 6) is 0.955. The minimum Gasteiger partial charge on any atom is -0.396 e. The maximum atomic E-state index is 8.73. The molecule has 108 valence electrons. The summed E-state index contributed by atoms with van der Waals surface area (Å²) in [4.78, 5) is 6.71. The first-order valence-corrected chi connectivity index (χ1v) is 7.24. The van der Waals surface area contributed by atoms with E-state index in [2.05, 4.69) is 35.2 Å². The molecule has 1 aromatic heterocycles. The minimum absolute atomic E-state index is 0.305. The van der Waals surface area contributed by atoms with Crippen molar-refractivity contribution in [3.63, 3.8) is 0 Å². The molecule has 0 saturated heterocycles. The number of nitrogens with one attached hydrogen (secondary N) is 1. The highest BCUT2D eigenvalue weighted by Gasteiger charge is 2.01. The van der Waals surface area contributed by atoms with Gasteiger partial charge in [-0.3, -0.25) is 0 Å². The summed E-state index contributed by atoms with van der Waals surface area (Å²) < 4.78 is 0. The van der Waals surface area contributed by atoms with E-state index in [1.807, 2.05) is 12.3 Å². The van der Waals surface area contributed by atoms with Crippen molar-refractivity contribution in [1.82, 2.24) is 9.88 Å². The zero-order chi connectivity index (χ0) is 13.9. The Morgan fingerprint density at radius 2 is 2.11 bits per heavy atom. The van der Waals surface area contributed by atoms with Crippen molar-refractivity contribution in [3.8, 4) is 0 Å². The van der Waals surface area contributed by atoms with Gasteiger partial charge in [0.1, 0.15) is 5.82 Å². The van der Waals surface area contributed by atoms with Crippen molar-refractivity contribution in [3.05, 3.63) is 23.9 Å². The van der Waals surface area contributed by atoms with Gasteiger partial charge in [0, 0.05) is 25.9 Å². The Hall–Kier alpha value is -1.13. The maximum absolute atomic E-state index is 8.73. The molecule has 1 heterocycles. The number of nitrogens with zero attached hydrogens (tertiary/aromatic N) is 2. The van der Waals surface area contributed by atoms with Crippen LogP contribution in [0.3, 0.4) is 0 Å². The average Bonchev–Trinajstić information content (AvgIpc) is 2.43. The topological polar surface area (TPSA) is 48.4 Å². The van der Waals surface area contributed by atoms with Crippen LogP contribution in [-0.2, 0) is 6.54 Å². The largest absolute Gasteiger partial charge is 0.396 e. The van der Waals surface area contributed by atoms with Crippen LogP contribution in [0.4, 0.5) is 5.82 Å². The molecule has 19 heavy (non-hydrogen) atoms. The number of hydrogen-bond donors (Lipinski definition) is 2. The van der Waals surface area contributed by atoms with Gasteiger partial charge in [-0.25, -0.2) is 4.98 Å². The van der Waals surface area contributed by atoms with Crippen molar-refractivity contribution in [1.29, 1.82) is 0 Å². The van der Waals surface area contributed by atoms with E-state index in [1.165, 1.54) is 5.56 Å². The highest BCUT2D eigenvalue weighted by Crippen LogP contribution is 2.08. The molecule has 0 bridgehead atoms. The Kier molecular flexibility index (Phi) is 8.18. The number of pyridine rings is 1. The van der Waals surface area contributed by atoms with Crippen LogP contribution >= 0.6 is 0 Å². The van der Waals surface area contributed by atoms with Crippen LogP contribution in [0.15, 0.2) is 18.3 Å². The molecule has 0 unspecified atom stereocenters. The van der Waals surface area contributed by atoms with E-state index < -0.39 is 0 Å². The van der Waals surface area contributed by atoms with Crippen LogP contribution in [0.5, 0.6) is 0 Å². The molecule has 4 nitrogen and oxygen atoms in total. The average molecular weight is 265 g/mol. The smallest absolute Gasteiger partial charge is 0.125 e. The van der Waals surface area contributed by atoms with E-state index in [9.17, 15) is 0 Å². The van der Waals surface area contributed by atoms with Crippen molar-refractivity contribution in [2.75, 3.05) is 32.1 Å². The number of anilines is 1. The molecule has 0 radical (unpaired) electrons. The predicted molar refractivity (Wildman–Crippen MR) is 80.3 cm³/mol. The Morgan fingerprint density at radius 3 is 2.74 bits per heavy atom. The van der Waals surface area contributed by atoms with Gasteiger partial charge >= 0.3 is 0 Å². The lowest BCUT2D eigenvalue weighted by Crippen LogP contribution is -2.19. The maximum Gasteiger partial charge on any atom is 0.125 e. The van der Waals surface area contributed by atoms with Gasteiger partial charge in [-0.1, -0.05) is 13.0 Å². The summed E-state index contributed by atoms with van der Waals surface area (Å²) in [5.41, 5.74) is 1.24. The van der Waals surface area contributed by atoms with Gasteiger partial charge in [-0.05, 0) is 50.9 Å². The quantitative estimate of drug-likeness (QED) is 0.638. The number of aromatic nitrogens is 1. The Bertz CT molecular complexity index is 327. The monoisotopic (exact) mass is 265 g/mol. The molecule has 0 aliphatic heterocycles. The van der Waals surface area contributed by atoms with Gasteiger partial charge in [-0.15, -0.1) is 0 Å². The molecule has 4 heteroatoms. The number of rotatable bonds is 10. The standard InChI is InChI=1S/C15H27N3O/c1-3-9-16-15-8-7-14(12-17-15)13-18(2)10-5-4-6-11-19/h7-8,12,19H,3-6,9-11,13H2,1-2H3,(H,16,17). The van der Waals surface area contributed by atoms with Gasteiger partial charge in [0.15, 0.2) is 0 Å². The van der Waals surface area contributed by atoms with Gasteiger partial charge in [-0.2, -0.15) is 0 Å². The number of aliphatic hydroxyl groups excluding tert-OH is 1. The fourth-order valence-corrected chi connectivity index (χ4v) is 1.94. The van der Waals surface area contributed by atoms with Crippen LogP contribution in [0.25, 0.3) is 0 Å². The van der Waals surface area contributed by atoms with Crippen LogP contribution in [0.2, 0.25) is 0 Å². The molecule has 0 aromatic carbocycles. The van der Waals surface area contributed by atoms with Crippen molar-refractivity contribution >= 4 is 5.82 Å². The zero-order valence-corrected chi connectivity index (χ0v) is 12.2. The molecule has 0 aliphatic carbocycles. The molecule has 1 aromatic rings. The highest BCUT2D eigenvalue weighted by molar-refractivity contribution is 5.35. The number of hydrogen-bond acceptors (Lipinski definition) is 4. The summed E-state index contributed by atoms with van der Waals surface area (Å²) in [6, 6.07) is 4.18. The van der Waals surface area contributed by atoms with E-state index in [-0.39, 0.29) is 0 Å². The van der Waals surface area contributed by atoms with E-state index in [4.69, 9.17) is 5.11 Å². The lowest BCUT2D eigenvalue weighted by molar-refractivity contribution is 0.271.